The van der Waals surface area contributed by atoms with E-state index in [2.05, 4.69) is 4.98 Å². The van der Waals surface area contributed by atoms with Crippen molar-refractivity contribution < 1.29 is 21.9 Å². The first-order valence-electron chi connectivity index (χ1n) is 8.82. The van der Waals surface area contributed by atoms with E-state index in [4.69, 9.17) is 4.74 Å². The highest BCUT2D eigenvalue weighted by atomic mass is 32.2. The number of rotatable bonds is 4. The van der Waals surface area contributed by atoms with Crippen LogP contribution in [0.3, 0.4) is 0 Å². The molecule has 0 bridgehead atoms. The Morgan fingerprint density at radius 1 is 1.03 bits per heavy atom. The summed E-state index contributed by atoms with van der Waals surface area (Å²) in [5.41, 5.74) is 1.55. The van der Waals surface area contributed by atoms with Crippen molar-refractivity contribution in [1.82, 2.24) is 9.38 Å². The van der Waals surface area contributed by atoms with Crippen LogP contribution in [0.15, 0.2) is 64.5 Å². The highest BCUT2D eigenvalue weighted by Gasteiger charge is 2.19. The first-order valence-corrected chi connectivity index (χ1v) is 10.7. The van der Waals surface area contributed by atoms with Crippen molar-refractivity contribution in [2.75, 3.05) is 6.26 Å². The normalized spacial score (nSPS) is 11.7. The van der Waals surface area contributed by atoms with Gasteiger partial charge >= 0.3 is 0 Å². The third-order valence-corrected chi connectivity index (χ3v) is 5.76. The van der Waals surface area contributed by atoms with E-state index in [0.29, 0.717) is 28.4 Å². The lowest BCUT2D eigenvalue weighted by Crippen LogP contribution is -2.09. The number of ether oxygens (including phenoxy) is 1. The summed E-state index contributed by atoms with van der Waals surface area (Å²) in [6, 6.07) is 8.73. The van der Waals surface area contributed by atoms with Crippen molar-refractivity contribution in [2.45, 2.75) is 11.8 Å². The van der Waals surface area contributed by atoms with E-state index in [0.717, 1.165) is 18.4 Å². The predicted octanol–water partition coefficient (Wildman–Crippen LogP) is 4.08. The Labute approximate surface area is 170 Å². The number of nitrogens with zero attached hydrogens (tertiary/aromatic N) is 1. The van der Waals surface area contributed by atoms with Gasteiger partial charge in [-0.1, -0.05) is 0 Å². The molecule has 0 atom stereocenters. The van der Waals surface area contributed by atoms with Crippen LogP contribution in [0.2, 0.25) is 0 Å². The van der Waals surface area contributed by atoms with Crippen LogP contribution in [0.25, 0.3) is 16.8 Å². The molecular weight excluding hydrogens is 414 g/mol. The second-order valence-electron chi connectivity index (χ2n) is 6.83. The summed E-state index contributed by atoms with van der Waals surface area (Å²) >= 11 is 0. The number of aromatic nitrogens is 2. The maximum absolute atomic E-state index is 14.1. The van der Waals surface area contributed by atoms with Gasteiger partial charge in [-0.2, -0.15) is 0 Å². The fourth-order valence-corrected chi connectivity index (χ4v) is 3.91. The van der Waals surface area contributed by atoms with E-state index < -0.39 is 21.5 Å². The van der Waals surface area contributed by atoms with Crippen molar-refractivity contribution in [3.8, 4) is 22.8 Å². The molecule has 0 radical (unpaired) electrons. The molecule has 0 fully saturated rings. The van der Waals surface area contributed by atoms with Gasteiger partial charge in [-0.25, -0.2) is 17.2 Å². The quantitative estimate of drug-likeness (QED) is 0.529. The molecule has 2 heterocycles. The summed E-state index contributed by atoms with van der Waals surface area (Å²) in [4.78, 5) is 14.9. The molecule has 1 N–H and O–H groups in total. The monoisotopic (exact) mass is 430 g/mol. The Bertz CT molecular complexity index is 1460. The third kappa shape index (κ3) is 3.48. The SMILES string of the molecule is Cc1cc(-c2cc(S(C)(=O)=O)ccc2Oc2ccc(F)cc2F)n2cc[nH]c(=O)c12. The van der Waals surface area contributed by atoms with Crippen molar-refractivity contribution >= 4 is 15.4 Å². The molecule has 0 aliphatic heterocycles. The van der Waals surface area contributed by atoms with Crippen molar-refractivity contribution in [3.63, 3.8) is 0 Å². The topological polar surface area (TPSA) is 80.6 Å². The maximum atomic E-state index is 14.1. The number of sulfone groups is 1. The molecular formula is C21H16F2N2O4S. The Hall–Kier alpha value is -3.46. The largest absolute Gasteiger partial charge is 0.454 e. The standard InChI is InChI=1S/C21H16F2N2O4S/c1-12-9-17(25-8-7-24-21(26)20(12)25)15-11-14(30(2,27)28)4-6-18(15)29-19-5-3-13(22)10-16(19)23/h3-11H,1-2H3,(H,24,26). The number of nitrogens with one attached hydrogen (secondary N) is 1. The summed E-state index contributed by atoms with van der Waals surface area (Å²) in [6.07, 6.45) is 4.14. The van der Waals surface area contributed by atoms with Gasteiger partial charge in [0, 0.05) is 30.3 Å². The minimum absolute atomic E-state index is 0.0295. The van der Waals surface area contributed by atoms with Gasteiger partial charge in [0.05, 0.1) is 10.6 Å². The minimum atomic E-state index is -3.55. The Kier molecular flexibility index (Phi) is 4.70. The van der Waals surface area contributed by atoms with Gasteiger partial charge in [-0.3, -0.25) is 4.79 Å². The van der Waals surface area contributed by atoms with Crippen LogP contribution < -0.4 is 10.3 Å². The van der Waals surface area contributed by atoms with Crippen LogP contribution in [0.4, 0.5) is 8.78 Å². The number of benzene rings is 2. The van der Waals surface area contributed by atoms with Crippen molar-refractivity contribution in [1.29, 1.82) is 0 Å². The molecule has 0 spiro atoms. The average molecular weight is 430 g/mol. The van der Waals surface area contributed by atoms with Gasteiger partial charge in [0.15, 0.2) is 21.4 Å². The first kappa shape index (κ1) is 19.8. The zero-order chi connectivity index (χ0) is 21.6. The van der Waals surface area contributed by atoms with Crippen molar-refractivity contribution in [3.05, 3.63) is 82.4 Å². The summed E-state index contributed by atoms with van der Waals surface area (Å²) in [6.45, 7) is 1.74. The van der Waals surface area contributed by atoms with Gasteiger partial charge < -0.3 is 14.1 Å². The molecule has 0 saturated heterocycles. The second-order valence-corrected chi connectivity index (χ2v) is 8.84. The molecule has 0 aliphatic carbocycles. The van der Waals surface area contributed by atoms with E-state index in [9.17, 15) is 22.0 Å². The van der Waals surface area contributed by atoms with Crippen LogP contribution in [0.1, 0.15) is 5.56 Å². The van der Waals surface area contributed by atoms with Crippen LogP contribution in [-0.2, 0) is 9.84 Å². The zero-order valence-corrected chi connectivity index (χ0v) is 16.8. The molecule has 0 saturated carbocycles. The fraction of sp³-hybridized carbons (Fsp3) is 0.0952. The number of H-pyrrole nitrogens is 1. The van der Waals surface area contributed by atoms with Crippen molar-refractivity contribution in [2.24, 2.45) is 0 Å². The summed E-state index contributed by atoms with van der Waals surface area (Å²) in [7, 11) is -3.55. The Morgan fingerprint density at radius 2 is 1.77 bits per heavy atom. The van der Waals surface area contributed by atoms with Gasteiger partial charge in [-0.15, -0.1) is 0 Å². The molecule has 154 valence electrons. The lowest BCUT2D eigenvalue weighted by molar-refractivity contribution is 0.438. The molecule has 0 amide bonds. The zero-order valence-electron chi connectivity index (χ0n) is 15.9. The maximum Gasteiger partial charge on any atom is 0.272 e. The highest BCUT2D eigenvalue weighted by molar-refractivity contribution is 7.90. The molecule has 6 nitrogen and oxygen atoms in total. The smallest absolute Gasteiger partial charge is 0.272 e. The van der Waals surface area contributed by atoms with E-state index >= 15 is 0 Å². The molecule has 2 aromatic heterocycles. The van der Waals surface area contributed by atoms with Gasteiger partial charge in [0.1, 0.15) is 17.1 Å². The molecule has 0 aliphatic rings. The third-order valence-electron chi connectivity index (χ3n) is 4.65. The number of aryl methyl sites for hydroxylation is 1. The summed E-state index contributed by atoms with van der Waals surface area (Å²) < 4.78 is 58.8. The Balaban J connectivity index is 1.98. The van der Waals surface area contributed by atoms with Crippen LogP contribution in [0, 0.1) is 18.6 Å². The molecule has 9 heteroatoms. The molecule has 0 unspecified atom stereocenters. The van der Waals surface area contributed by atoms with E-state index in [1.54, 1.807) is 23.6 Å². The highest BCUT2D eigenvalue weighted by Crippen LogP contribution is 2.37. The fourth-order valence-electron chi connectivity index (χ4n) is 3.27. The summed E-state index contributed by atoms with van der Waals surface area (Å²) in [5, 5.41) is 0. The molecule has 4 rings (SSSR count). The van der Waals surface area contributed by atoms with Gasteiger partial charge in [0.2, 0.25) is 0 Å². The Morgan fingerprint density at radius 3 is 2.47 bits per heavy atom. The number of aromatic amines is 1. The lowest BCUT2D eigenvalue weighted by Gasteiger charge is -2.13. The average Bonchev–Trinajstić information content (AvgIpc) is 3.01. The lowest BCUT2D eigenvalue weighted by atomic mass is 10.1. The number of hydrogen-bond donors (Lipinski definition) is 1. The second kappa shape index (κ2) is 7.10. The molecule has 30 heavy (non-hydrogen) atoms. The van der Waals surface area contributed by atoms with E-state index in [1.807, 2.05) is 0 Å². The number of fused-ring (bicyclic) bond motifs is 1. The minimum Gasteiger partial charge on any atom is -0.454 e. The first-order chi connectivity index (χ1) is 14.1. The number of halogens is 2. The van der Waals surface area contributed by atoms with Crippen LogP contribution in [-0.4, -0.2) is 24.1 Å². The molecule has 4 aromatic rings. The summed E-state index contributed by atoms with van der Waals surface area (Å²) in [5.74, 6) is -1.73. The van der Waals surface area contributed by atoms with Crippen LogP contribution in [0.5, 0.6) is 11.5 Å². The van der Waals surface area contributed by atoms with Gasteiger partial charge in [0.25, 0.3) is 5.56 Å². The molecule has 2 aromatic carbocycles. The number of hydrogen-bond acceptors (Lipinski definition) is 4. The van der Waals surface area contributed by atoms with Crippen LogP contribution >= 0.6 is 0 Å². The van der Waals surface area contributed by atoms with E-state index in [1.165, 1.54) is 24.4 Å². The van der Waals surface area contributed by atoms with E-state index in [-0.39, 0.29) is 22.0 Å². The van der Waals surface area contributed by atoms with Gasteiger partial charge in [-0.05, 0) is 48.9 Å². The predicted molar refractivity (Wildman–Crippen MR) is 108 cm³/mol.